The van der Waals surface area contributed by atoms with Crippen molar-refractivity contribution in [2.24, 2.45) is 0 Å². The summed E-state index contributed by atoms with van der Waals surface area (Å²) in [6, 6.07) is 9.85. The van der Waals surface area contributed by atoms with E-state index < -0.39 is 39.3 Å². The zero-order valence-corrected chi connectivity index (χ0v) is 35.6. The van der Waals surface area contributed by atoms with Crippen molar-refractivity contribution in [1.82, 2.24) is 29.9 Å². The molecule has 280 valence electrons. The van der Waals surface area contributed by atoms with Gasteiger partial charge in [0.2, 0.25) is 11.8 Å². The summed E-state index contributed by atoms with van der Waals surface area (Å²) in [6.45, 7) is 24.2. The van der Waals surface area contributed by atoms with Crippen molar-refractivity contribution < 1.29 is 28.5 Å². The predicted octanol–water partition coefficient (Wildman–Crippen LogP) is 9.14. The Balaban J connectivity index is 0.000000293. The molecule has 0 aliphatic heterocycles. The van der Waals surface area contributed by atoms with Crippen LogP contribution in [0.2, 0.25) is 54.7 Å². The van der Waals surface area contributed by atoms with Gasteiger partial charge >= 0.3 is 11.9 Å². The van der Waals surface area contributed by atoms with Crippen LogP contribution in [0.25, 0.3) is 5.82 Å². The third-order valence-corrected chi connectivity index (χ3v) is 8.28. The lowest BCUT2D eigenvalue weighted by atomic mass is 10.2. The number of aromatic nitrogens is 6. The van der Waals surface area contributed by atoms with Crippen molar-refractivity contribution >= 4 is 62.9 Å². The molecule has 4 rings (SSSR count). The third kappa shape index (κ3) is 17.6. The molecule has 12 nitrogen and oxygen atoms in total. The molecule has 4 heterocycles. The van der Waals surface area contributed by atoms with E-state index in [2.05, 4.69) is 64.5 Å². The molecule has 17 heteroatoms. The van der Waals surface area contributed by atoms with E-state index >= 15 is 0 Å². The van der Waals surface area contributed by atoms with Crippen molar-refractivity contribution in [3.8, 4) is 17.6 Å². The molecule has 4 aromatic heterocycles. The van der Waals surface area contributed by atoms with Gasteiger partial charge in [-0.15, -0.1) is 5.10 Å². The van der Waals surface area contributed by atoms with Gasteiger partial charge in [0.05, 0.1) is 45.9 Å². The molecule has 0 atom stereocenters. The van der Waals surface area contributed by atoms with Gasteiger partial charge in [0.25, 0.3) is 0 Å². The SMILES string of the molecule is CC(C)(C)OC(=O)c1ccc(-n2ccc(OC[Si](C)(C)C)n2)nc1Cl.CC(C)(C)OC(=O)c1ccc(Cl)nc1Cl.C[Si](C)(C)COc1ccn[nH]1. The minimum absolute atomic E-state index is 0.0525. The number of hydrogen-bond donors (Lipinski definition) is 1. The van der Waals surface area contributed by atoms with Gasteiger partial charge in [0.1, 0.15) is 26.7 Å². The maximum absolute atomic E-state index is 12.1. The third-order valence-electron chi connectivity index (χ3n) is 5.47. The lowest BCUT2D eigenvalue weighted by Gasteiger charge is -2.19. The van der Waals surface area contributed by atoms with Gasteiger partial charge < -0.3 is 18.9 Å². The Hall–Kier alpha value is -3.44. The van der Waals surface area contributed by atoms with Crippen LogP contribution in [0.15, 0.2) is 48.8 Å². The van der Waals surface area contributed by atoms with E-state index in [0.717, 1.165) is 12.1 Å². The number of esters is 2. The van der Waals surface area contributed by atoms with Crippen LogP contribution in [0.3, 0.4) is 0 Å². The fraction of sp³-hybridized carbons (Fsp3) is 0.471. The molecule has 0 bridgehead atoms. The second-order valence-corrected chi connectivity index (χ2v) is 27.6. The molecule has 0 aliphatic carbocycles. The van der Waals surface area contributed by atoms with E-state index in [4.69, 9.17) is 53.8 Å². The lowest BCUT2D eigenvalue weighted by Crippen LogP contribution is -2.30. The van der Waals surface area contributed by atoms with Gasteiger partial charge in [0.15, 0.2) is 5.82 Å². The monoisotopic (exact) mass is 798 g/mol. The smallest absolute Gasteiger partial charge is 0.341 e. The Kier molecular flexibility index (Phi) is 15.7. The first kappa shape index (κ1) is 43.7. The van der Waals surface area contributed by atoms with Gasteiger partial charge in [-0.25, -0.2) is 29.3 Å². The number of hydrogen-bond acceptors (Lipinski definition) is 10. The molecule has 0 fully saturated rings. The van der Waals surface area contributed by atoms with Crippen LogP contribution in [0, 0.1) is 0 Å². The summed E-state index contributed by atoms with van der Waals surface area (Å²) in [5, 5.41) is 11.3. The van der Waals surface area contributed by atoms with Gasteiger partial charge in [-0.3, -0.25) is 0 Å². The van der Waals surface area contributed by atoms with Crippen LogP contribution in [-0.4, -0.2) is 81.7 Å². The van der Waals surface area contributed by atoms with E-state index in [0.29, 0.717) is 17.9 Å². The van der Waals surface area contributed by atoms with Crippen LogP contribution in [0.5, 0.6) is 11.8 Å². The van der Waals surface area contributed by atoms with Crippen LogP contribution in [0.1, 0.15) is 62.3 Å². The molecule has 51 heavy (non-hydrogen) atoms. The minimum atomic E-state index is -1.32. The van der Waals surface area contributed by atoms with Crippen molar-refractivity contribution in [2.45, 2.75) is 92.0 Å². The normalized spacial score (nSPS) is 11.7. The average Bonchev–Trinajstić information content (AvgIpc) is 3.66. The summed E-state index contributed by atoms with van der Waals surface area (Å²) in [4.78, 5) is 31.7. The van der Waals surface area contributed by atoms with Crippen LogP contribution >= 0.6 is 34.8 Å². The number of carbonyl (C=O) groups is 2. The second kappa shape index (κ2) is 18.4. The van der Waals surface area contributed by atoms with Gasteiger partial charge in [-0.1, -0.05) is 74.1 Å². The summed E-state index contributed by atoms with van der Waals surface area (Å²) >= 11 is 17.5. The molecule has 0 unspecified atom stereocenters. The largest absolute Gasteiger partial charge is 0.482 e. The van der Waals surface area contributed by atoms with Crippen LogP contribution < -0.4 is 9.47 Å². The molecule has 0 saturated carbocycles. The molecule has 0 radical (unpaired) electrons. The molecular weight excluding hydrogens is 751 g/mol. The zero-order valence-electron chi connectivity index (χ0n) is 31.4. The maximum atomic E-state index is 12.1. The summed E-state index contributed by atoms with van der Waals surface area (Å²) in [5.41, 5.74) is -0.706. The first-order valence-corrected chi connectivity index (χ1v) is 24.6. The summed E-state index contributed by atoms with van der Waals surface area (Å²) in [5.74, 6) is 0.803. The number of pyridine rings is 2. The number of ether oxygens (including phenoxy) is 4. The molecule has 1 N–H and O–H groups in total. The number of nitrogens with one attached hydrogen (secondary N) is 1. The minimum Gasteiger partial charge on any atom is -0.482 e. The van der Waals surface area contributed by atoms with E-state index in [1.165, 1.54) is 12.1 Å². The van der Waals surface area contributed by atoms with Crippen molar-refractivity contribution in [1.29, 1.82) is 0 Å². The molecule has 0 spiro atoms. The fourth-order valence-electron chi connectivity index (χ4n) is 3.36. The van der Waals surface area contributed by atoms with Crippen molar-refractivity contribution in [2.75, 3.05) is 12.5 Å². The molecule has 0 aliphatic rings. The van der Waals surface area contributed by atoms with E-state index in [-0.39, 0.29) is 26.6 Å². The topological polar surface area (TPSA) is 143 Å². The number of carbonyl (C=O) groups excluding carboxylic acids is 2. The molecular formula is C34H49Cl3N6O6Si2. The highest BCUT2D eigenvalue weighted by Crippen LogP contribution is 2.22. The van der Waals surface area contributed by atoms with E-state index in [1.54, 1.807) is 76.8 Å². The number of aromatic amines is 1. The highest BCUT2D eigenvalue weighted by atomic mass is 35.5. The Labute approximate surface area is 317 Å². The summed E-state index contributed by atoms with van der Waals surface area (Å²) < 4.78 is 23.2. The van der Waals surface area contributed by atoms with E-state index in [1.807, 2.05) is 6.07 Å². The van der Waals surface area contributed by atoms with Crippen molar-refractivity contribution in [3.63, 3.8) is 0 Å². The summed E-state index contributed by atoms with van der Waals surface area (Å²) in [6.07, 6.45) is 4.97. The van der Waals surface area contributed by atoms with Crippen molar-refractivity contribution in [3.05, 3.63) is 75.4 Å². The Morgan fingerprint density at radius 3 is 1.69 bits per heavy atom. The Morgan fingerprint density at radius 2 is 1.24 bits per heavy atom. The van der Waals surface area contributed by atoms with Gasteiger partial charge in [0, 0.05) is 18.3 Å². The average molecular weight is 800 g/mol. The summed E-state index contributed by atoms with van der Waals surface area (Å²) in [7, 11) is -2.40. The quantitative estimate of drug-likeness (QED) is 0.0989. The zero-order chi connectivity index (χ0) is 38.8. The number of halogens is 3. The van der Waals surface area contributed by atoms with E-state index in [9.17, 15) is 9.59 Å². The molecule has 0 saturated heterocycles. The van der Waals surface area contributed by atoms with Gasteiger partial charge in [-0.2, -0.15) is 5.10 Å². The Morgan fingerprint density at radius 1 is 0.725 bits per heavy atom. The number of rotatable bonds is 9. The Bertz CT molecular complexity index is 1730. The van der Waals surface area contributed by atoms with Crippen LogP contribution in [-0.2, 0) is 9.47 Å². The predicted molar refractivity (Wildman–Crippen MR) is 207 cm³/mol. The number of nitrogens with zero attached hydrogens (tertiary/aromatic N) is 5. The maximum Gasteiger partial charge on any atom is 0.341 e. The molecule has 4 aromatic rings. The second-order valence-electron chi connectivity index (χ2n) is 15.7. The first-order chi connectivity index (χ1) is 23.3. The highest BCUT2D eigenvalue weighted by Gasteiger charge is 2.22. The first-order valence-electron chi connectivity index (χ1n) is 16.1. The lowest BCUT2D eigenvalue weighted by molar-refractivity contribution is 0.00567. The fourth-order valence-corrected chi connectivity index (χ4v) is 5.17. The van der Waals surface area contributed by atoms with Gasteiger partial charge in [-0.05, 0) is 65.8 Å². The highest BCUT2D eigenvalue weighted by molar-refractivity contribution is 6.76. The van der Waals surface area contributed by atoms with Crippen LogP contribution in [0.4, 0.5) is 0 Å². The molecule has 0 aromatic carbocycles. The number of H-pyrrole nitrogens is 1. The standard InChI is InChI=1S/C17H24ClN3O3Si.C10H11Cl2NO2.C7H14N2OSi/c1-17(2,3)24-16(22)12-7-8-13(19-15(12)18)21-10-9-14(20-21)23-11-25(4,5)6;1-10(2,3)15-9(14)6-4-5-7(11)13-8(6)12;1-11(2,3)6-10-7-4-5-8-9-7/h7-10H,11H2,1-6H3;4-5H,1-3H3;4-5H,6H2,1-3H3,(H,8,9). The molecule has 0 amide bonds.